The van der Waals surface area contributed by atoms with Crippen LogP contribution in [0.4, 0.5) is 0 Å². The van der Waals surface area contributed by atoms with Crippen molar-refractivity contribution >= 4 is 22.7 Å². The molecule has 0 bridgehead atoms. The fourth-order valence-corrected chi connectivity index (χ4v) is 3.73. The van der Waals surface area contributed by atoms with Gasteiger partial charge in [-0.05, 0) is 56.4 Å². The molecule has 1 N–H and O–H groups in total. The molecule has 0 aliphatic carbocycles. The zero-order valence-electron chi connectivity index (χ0n) is 14.5. The number of ether oxygens (including phenoxy) is 1. The Balaban J connectivity index is 1.90. The highest BCUT2D eigenvalue weighted by molar-refractivity contribution is 7.98. The fraction of sp³-hybridized carbons (Fsp3) is 0.300. The van der Waals surface area contributed by atoms with Gasteiger partial charge in [-0.2, -0.15) is 0 Å². The second-order valence-electron chi connectivity index (χ2n) is 6.15. The highest BCUT2D eigenvalue weighted by atomic mass is 32.2. The van der Waals surface area contributed by atoms with Crippen molar-refractivity contribution in [3.05, 3.63) is 59.8 Å². The lowest BCUT2D eigenvalue weighted by molar-refractivity contribution is 0.413. The maximum Gasteiger partial charge on any atom is 0.119 e. The lowest BCUT2D eigenvalue weighted by atomic mass is 10.1. The average Bonchev–Trinajstić information content (AvgIpc) is 2.95. The molecule has 0 aliphatic rings. The lowest BCUT2D eigenvalue weighted by Gasteiger charge is -2.11. The molecule has 0 saturated carbocycles. The molecule has 0 unspecified atom stereocenters. The van der Waals surface area contributed by atoms with E-state index in [0.29, 0.717) is 0 Å². The molecular formula is C20H24N2OS. The quantitative estimate of drug-likeness (QED) is 0.639. The molecule has 1 heterocycles. The minimum absolute atomic E-state index is 0.912. The molecule has 2 aromatic carbocycles. The zero-order chi connectivity index (χ0) is 16.9. The van der Waals surface area contributed by atoms with Gasteiger partial charge in [0, 0.05) is 33.8 Å². The predicted octanol–water partition coefficient (Wildman–Crippen LogP) is 4.57. The summed E-state index contributed by atoms with van der Waals surface area (Å²) in [6, 6.07) is 16.8. The first-order valence-electron chi connectivity index (χ1n) is 8.17. The number of nitrogens with one attached hydrogen (secondary N) is 1. The van der Waals surface area contributed by atoms with Gasteiger partial charge in [-0.3, -0.25) is 0 Å². The number of H-pyrrole nitrogens is 1. The van der Waals surface area contributed by atoms with Crippen LogP contribution in [0.2, 0.25) is 0 Å². The monoisotopic (exact) mass is 340 g/mol. The van der Waals surface area contributed by atoms with Crippen LogP contribution in [-0.4, -0.2) is 37.6 Å². The van der Waals surface area contributed by atoms with Gasteiger partial charge in [0.05, 0.1) is 7.11 Å². The highest BCUT2D eigenvalue weighted by Crippen LogP contribution is 2.31. The van der Waals surface area contributed by atoms with E-state index < -0.39 is 0 Å². The van der Waals surface area contributed by atoms with Crippen LogP contribution < -0.4 is 4.74 Å². The summed E-state index contributed by atoms with van der Waals surface area (Å²) in [6.07, 6.45) is 1.03. The van der Waals surface area contributed by atoms with E-state index in [4.69, 9.17) is 4.74 Å². The zero-order valence-corrected chi connectivity index (χ0v) is 15.3. The van der Waals surface area contributed by atoms with Crippen LogP contribution in [0.3, 0.4) is 0 Å². The molecule has 0 saturated heterocycles. The SMILES string of the molecule is COc1ccc2[nH]c(CSc3ccccc3)c(CCN(C)C)c2c1. The first-order valence-corrected chi connectivity index (χ1v) is 9.16. The summed E-state index contributed by atoms with van der Waals surface area (Å²) in [5.41, 5.74) is 3.91. The Labute approximate surface area is 148 Å². The Kier molecular flexibility index (Phi) is 5.48. The summed E-state index contributed by atoms with van der Waals surface area (Å²) >= 11 is 1.87. The second kappa shape index (κ2) is 7.77. The van der Waals surface area contributed by atoms with Crippen LogP contribution in [0.15, 0.2) is 53.4 Å². The molecule has 3 nitrogen and oxygen atoms in total. The number of nitrogens with zero attached hydrogens (tertiary/aromatic N) is 1. The minimum Gasteiger partial charge on any atom is -0.497 e. The van der Waals surface area contributed by atoms with Gasteiger partial charge in [-0.15, -0.1) is 11.8 Å². The van der Waals surface area contributed by atoms with Gasteiger partial charge in [-0.1, -0.05) is 18.2 Å². The summed E-state index contributed by atoms with van der Waals surface area (Å²) in [5.74, 6) is 1.86. The first kappa shape index (κ1) is 16.9. The van der Waals surface area contributed by atoms with E-state index in [9.17, 15) is 0 Å². The van der Waals surface area contributed by atoms with Gasteiger partial charge in [0.2, 0.25) is 0 Å². The lowest BCUT2D eigenvalue weighted by Crippen LogP contribution is -2.15. The van der Waals surface area contributed by atoms with Gasteiger partial charge >= 0.3 is 0 Å². The standard InChI is InChI=1S/C20H24N2OS/c1-22(2)12-11-17-18-13-15(23-3)9-10-19(18)21-20(17)14-24-16-7-5-4-6-8-16/h4-10,13,21H,11-12,14H2,1-3H3. The van der Waals surface area contributed by atoms with Crippen molar-refractivity contribution in [2.45, 2.75) is 17.1 Å². The molecule has 0 spiro atoms. The Morgan fingerprint density at radius 3 is 2.58 bits per heavy atom. The molecule has 0 atom stereocenters. The number of aromatic amines is 1. The fourth-order valence-electron chi connectivity index (χ4n) is 2.83. The van der Waals surface area contributed by atoms with Crippen LogP contribution in [0.1, 0.15) is 11.3 Å². The maximum atomic E-state index is 5.41. The molecule has 24 heavy (non-hydrogen) atoms. The number of rotatable bonds is 7. The highest BCUT2D eigenvalue weighted by Gasteiger charge is 2.13. The summed E-state index contributed by atoms with van der Waals surface area (Å²) in [5, 5.41) is 1.28. The van der Waals surface area contributed by atoms with Gasteiger partial charge < -0.3 is 14.6 Å². The van der Waals surface area contributed by atoms with E-state index in [1.807, 2.05) is 17.8 Å². The van der Waals surface area contributed by atoms with Gasteiger partial charge in [0.1, 0.15) is 5.75 Å². The molecule has 0 fully saturated rings. The number of fused-ring (bicyclic) bond motifs is 1. The Morgan fingerprint density at radius 1 is 1.08 bits per heavy atom. The van der Waals surface area contributed by atoms with Crippen molar-refractivity contribution in [3.63, 3.8) is 0 Å². The number of hydrogen-bond acceptors (Lipinski definition) is 3. The summed E-state index contributed by atoms with van der Waals surface area (Å²) in [6.45, 7) is 1.03. The third kappa shape index (κ3) is 3.94. The average molecular weight is 340 g/mol. The number of hydrogen-bond donors (Lipinski definition) is 1. The van der Waals surface area contributed by atoms with Crippen LogP contribution in [0.25, 0.3) is 10.9 Å². The van der Waals surface area contributed by atoms with Crippen molar-refractivity contribution in [1.29, 1.82) is 0 Å². The summed E-state index contributed by atoms with van der Waals surface area (Å²) in [7, 11) is 5.96. The van der Waals surface area contributed by atoms with Gasteiger partial charge in [0.15, 0.2) is 0 Å². The maximum absolute atomic E-state index is 5.41. The van der Waals surface area contributed by atoms with Gasteiger partial charge in [-0.25, -0.2) is 0 Å². The van der Waals surface area contributed by atoms with Crippen LogP contribution >= 0.6 is 11.8 Å². The summed E-state index contributed by atoms with van der Waals surface area (Å²) in [4.78, 5) is 7.14. The van der Waals surface area contributed by atoms with E-state index in [1.165, 1.54) is 27.1 Å². The topological polar surface area (TPSA) is 28.3 Å². The second-order valence-corrected chi connectivity index (χ2v) is 7.20. The molecule has 4 heteroatoms. The smallest absolute Gasteiger partial charge is 0.119 e. The summed E-state index contributed by atoms with van der Waals surface area (Å²) < 4.78 is 5.41. The van der Waals surface area contributed by atoms with Crippen LogP contribution in [-0.2, 0) is 12.2 Å². The third-order valence-electron chi connectivity index (χ3n) is 4.14. The molecule has 0 radical (unpaired) electrons. The van der Waals surface area contributed by atoms with Gasteiger partial charge in [0.25, 0.3) is 0 Å². The number of thioether (sulfide) groups is 1. The molecule has 3 rings (SSSR count). The molecule has 3 aromatic rings. The number of aromatic nitrogens is 1. The van der Waals surface area contributed by atoms with Crippen molar-refractivity contribution in [3.8, 4) is 5.75 Å². The largest absolute Gasteiger partial charge is 0.497 e. The molecule has 0 amide bonds. The predicted molar refractivity (Wildman–Crippen MR) is 103 cm³/mol. The molecule has 1 aromatic heterocycles. The minimum atomic E-state index is 0.912. The first-order chi connectivity index (χ1) is 11.7. The van der Waals surface area contributed by atoms with Crippen molar-refractivity contribution in [2.24, 2.45) is 0 Å². The van der Waals surface area contributed by atoms with Crippen LogP contribution in [0.5, 0.6) is 5.75 Å². The van der Waals surface area contributed by atoms with E-state index in [2.05, 4.69) is 66.4 Å². The number of methoxy groups -OCH3 is 1. The Bertz CT molecular complexity index is 796. The third-order valence-corrected chi connectivity index (χ3v) is 5.18. The molecule has 0 aliphatic heterocycles. The Hall–Kier alpha value is -1.91. The Morgan fingerprint density at radius 2 is 1.88 bits per heavy atom. The van der Waals surface area contributed by atoms with Crippen molar-refractivity contribution in [2.75, 3.05) is 27.7 Å². The molecular weight excluding hydrogens is 316 g/mol. The number of likely N-dealkylation sites (N-methyl/N-ethyl adjacent to an activating group) is 1. The normalized spacial score (nSPS) is 11.3. The van der Waals surface area contributed by atoms with E-state index in [1.54, 1.807) is 7.11 Å². The van der Waals surface area contributed by atoms with E-state index in [0.717, 1.165) is 24.5 Å². The van der Waals surface area contributed by atoms with E-state index in [-0.39, 0.29) is 0 Å². The van der Waals surface area contributed by atoms with Crippen molar-refractivity contribution in [1.82, 2.24) is 9.88 Å². The van der Waals surface area contributed by atoms with E-state index >= 15 is 0 Å². The van der Waals surface area contributed by atoms with Crippen LogP contribution in [0, 0.1) is 0 Å². The number of benzene rings is 2. The molecule has 126 valence electrons. The van der Waals surface area contributed by atoms with Crippen molar-refractivity contribution < 1.29 is 4.74 Å².